The van der Waals surface area contributed by atoms with E-state index in [1.165, 1.54) is 18.6 Å². The van der Waals surface area contributed by atoms with Gasteiger partial charge >= 0.3 is 0 Å². The van der Waals surface area contributed by atoms with E-state index in [1.54, 1.807) is 0 Å². The zero-order valence-electron chi connectivity index (χ0n) is 6.76. The van der Waals surface area contributed by atoms with Crippen molar-refractivity contribution in [1.29, 1.82) is 0 Å². The highest BCUT2D eigenvalue weighted by Gasteiger charge is 2.23. The molecule has 10 heavy (non-hydrogen) atoms. The van der Waals surface area contributed by atoms with Gasteiger partial charge in [0.1, 0.15) is 0 Å². The van der Waals surface area contributed by atoms with Gasteiger partial charge in [-0.25, -0.2) is 0 Å². The maximum atomic E-state index is 9.46. The largest absolute Gasteiger partial charge is 0.390 e. The second kappa shape index (κ2) is 3.14. The summed E-state index contributed by atoms with van der Waals surface area (Å²) in [6.07, 6.45) is 3.59. The number of hydrogen-bond donors (Lipinski definition) is 1. The second-order valence-electron chi connectivity index (χ2n) is 3.65. The highest BCUT2D eigenvalue weighted by Crippen LogP contribution is 2.31. The van der Waals surface area contributed by atoms with Gasteiger partial charge in [0.05, 0.1) is 5.60 Å². The second-order valence-corrected chi connectivity index (χ2v) is 5.06. The van der Waals surface area contributed by atoms with Crippen LogP contribution in [0, 0.1) is 0 Å². The lowest BCUT2D eigenvalue weighted by atomic mass is 10.0. The first-order chi connectivity index (χ1) is 4.58. The van der Waals surface area contributed by atoms with Crippen LogP contribution < -0.4 is 0 Å². The summed E-state index contributed by atoms with van der Waals surface area (Å²) in [6.45, 7) is 3.79. The van der Waals surface area contributed by atoms with Crippen LogP contribution in [0.5, 0.6) is 0 Å². The summed E-state index contributed by atoms with van der Waals surface area (Å²) in [5.74, 6) is 1.29. The third-order valence-electron chi connectivity index (χ3n) is 1.75. The molecule has 0 bridgehead atoms. The average Bonchev–Trinajstić information content (AvgIpc) is 2.12. The topological polar surface area (TPSA) is 20.2 Å². The number of thioether (sulfide) groups is 1. The Balaban J connectivity index is 2.24. The molecular weight excluding hydrogens is 144 g/mol. The zero-order valence-corrected chi connectivity index (χ0v) is 7.58. The molecular formula is C8H16OS. The van der Waals surface area contributed by atoms with Gasteiger partial charge in [-0.2, -0.15) is 11.8 Å². The molecule has 1 aliphatic heterocycles. The summed E-state index contributed by atoms with van der Waals surface area (Å²) < 4.78 is 0. The Labute approximate surface area is 67.2 Å². The highest BCUT2D eigenvalue weighted by molar-refractivity contribution is 8.00. The first kappa shape index (κ1) is 8.41. The van der Waals surface area contributed by atoms with E-state index in [1.807, 2.05) is 25.6 Å². The molecule has 0 aliphatic carbocycles. The Kier molecular flexibility index (Phi) is 2.64. The number of aliphatic hydroxyl groups is 1. The van der Waals surface area contributed by atoms with Crippen LogP contribution in [0.1, 0.15) is 33.1 Å². The van der Waals surface area contributed by atoms with E-state index in [0.29, 0.717) is 0 Å². The van der Waals surface area contributed by atoms with Gasteiger partial charge in [0, 0.05) is 5.25 Å². The van der Waals surface area contributed by atoms with Crippen LogP contribution in [-0.4, -0.2) is 21.7 Å². The third kappa shape index (κ3) is 2.93. The minimum absolute atomic E-state index is 0.456. The summed E-state index contributed by atoms with van der Waals surface area (Å²) in [4.78, 5) is 0. The van der Waals surface area contributed by atoms with Crippen LogP contribution in [0.4, 0.5) is 0 Å². The minimum atomic E-state index is -0.456. The van der Waals surface area contributed by atoms with Gasteiger partial charge in [-0.1, -0.05) is 0 Å². The average molecular weight is 160 g/mol. The normalized spacial score (nSPS) is 27.3. The Morgan fingerprint density at radius 3 is 2.70 bits per heavy atom. The van der Waals surface area contributed by atoms with E-state index in [4.69, 9.17) is 0 Å². The summed E-state index contributed by atoms with van der Waals surface area (Å²) in [5.41, 5.74) is -0.456. The van der Waals surface area contributed by atoms with Crippen molar-refractivity contribution in [3.63, 3.8) is 0 Å². The standard InChI is InChI=1S/C8H16OS/c1-8(2,9)6-7-4-3-5-10-7/h7,9H,3-6H2,1-2H3. The molecule has 1 nitrogen and oxygen atoms in total. The predicted molar refractivity (Wildman–Crippen MR) is 46.4 cm³/mol. The van der Waals surface area contributed by atoms with Crippen molar-refractivity contribution in [2.45, 2.75) is 44.0 Å². The van der Waals surface area contributed by atoms with Crippen LogP contribution in [0.15, 0.2) is 0 Å². The molecule has 1 N–H and O–H groups in total. The molecule has 1 heterocycles. The van der Waals surface area contributed by atoms with Crippen molar-refractivity contribution in [1.82, 2.24) is 0 Å². The fraction of sp³-hybridized carbons (Fsp3) is 1.00. The van der Waals surface area contributed by atoms with Crippen molar-refractivity contribution in [2.24, 2.45) is 0 Å². The first-order valence-corrected chi connectivity index (χ1v) is 4.97. The summed E-state index contributed by atoms with van der Waals surface area (Å²) in [7, 11) is 0. The van der Waals surface area contributed by atoms with Crippen molar-refractivity contribution in [3.05, 3.63) is 0 Å². The lowest BCUT2D eigenvalue weighted by Crippen LogP contribution is -2.23. The van der Waals surface area contributed by atoms with E-state index >= 15 is 0 Å². The molecule has 1 saturated heterocycles. The van der Waals surface area contributed by atoms with Gasteiger partial charge in [0.25, 0.3) is 0 Å². The summed E-state index contributed by atoms with van der Waals surface area (Å²) in [5, 5.41) is 10.2. The zero-order chi connectivity index (χ0) is 7.61. The molecule has 1 fully saturated rings. The maximum absolute atomic E-state index is 9.46. The number of hydrogen-bond acceptors (Lipinski definition) is 2. The molecule has 0 aromatic heterocycles. The Morgan fingerprint density at radius 2 is 2.30 bits per heavy atom. The SMILES string of the molecule is CC(C)(O)CC1CCCS1. The molecule has 1 unspecified atom stereocenters. The highest BCUT2D eigenvalue weighted by atomic mass is 32.2. The van der Waals surface area contributed by atoms with Crippen LogP contribution >= 0.6 is 11.8 Å². The molecule has 0 amide bonds. The van der Waals surface area contributed by atoms with E-state index in [9.17, 15) is 5.11 Å². The molecule has 1 atom stereocenters. The molecule has 1 aliphatic rings. The molecule has 0 spiro atoms. The lowest BCUT2D eigenvalue weighted by molar-refractivity contribution is 0.0705. The lowest BCUT2D eigenvalue weighted by Gasteiger charge is -2.20. The first-order valence-electron chi connectivity index (χ1n) is 3.92. The molecule has 2 heteroatoms. The van der Waals surface area contributed by atoms with Crippen molar-refractivity contribution < 1.29 is 5.11 Å². The fourth-order valence-electron chi connectivity index (χ4n) is 1.36. The maximum Gasteiger partial charge on any atom is 0.0602 e. The van der Waals surface area contributed by atoms with E-state index in [0.717, 1.165) is 11.7 Å². The van der Waals surface area contributed by atoms with Crippen LogP contribution in [-0.2, 0) is 0 Å². The van der Waals surface area contributed by atoms with Crippen LogP contribution in [0.3, 0.4) is 0 Å². The predicted octanol–water partition coefficient (Wildman–Crippen LogP) is 2.04. The Morgan fingerprint density at radius 1 is 1.60 bits per heavy atom. The Hall–Kier alpha value is 0.310. The van der Waals surface area contributed by atoms with Gasteiger partial charge < -0.3 is 5.11 Å². The van der Waals surface area contributed by atoms with Crippen LogP contribution in [0.25, 0.3) is 0 Å². The molecule has 0 aromatic rings. The van der Waals surface area contributed by atoms with E-state index in [2.05, 4.69) is 0 Å². The van der Waals surface area contributed by atoms with E-state index in [-0.39, 0.29) is 0 Å². The molecule has 0 saturated carbocycles. The molecule has 0 aromatic carbocycles. The van der Waals surface area contributed by atoms with Gasteiger partial charge in [0.2, 0.25) is 0 Å². The molecule has 1 rings (SSSR count). The van der Waals surface area contributed by atoms with Crippen molar-refractivity contribution in [2.75, 3.05) is 5.75 Å². The quantitative estimate of drug-likeness (QED) is 0.667. The van der Waals surface area contributed by atoms with Gasteiger partial charge in [0.15, 0.2) is 0 Å². The van der Waals surface area contributed by atoms with E-state index < -0.39 is 5.60 Å². The monoisotopic (exact) mass is 160 g/mol. The molecule has 60 valence electrons. The van der Waals surface area contributed by atoms with Crippen molar-refractivity contribution >= 4 is 11.8 Å². The molecule has 0 radical (unpaired) electrons. The summed E-state index contributed by atoms with van der Waals surface area (Å²) in [6, 6.07) is 0. The van der Waals surface area contributed by atoms with Gasteiger partial charge in [-0.3, -0.25) is 0 Å². The Bertz CT molecular complexity index is 100. The third-order valence-corrected chi connectivity index (χ3v) is 3.15. The van der Waals surface area contributed by atoms with Gasteiger partial charge in [-0.15, -0.1) is 0 Å². The van der Waals surface area contributed by atoms with Gasteiger partial charge in [-0.05, 0) is 38.9 Å². The number of rotatable bonds is 2. The summed E-state index contributed by atoms with van der Waals surface area (Å²) >= 11 is 2.01. The smallest absolute Gasteiger partial charge is 0.0602 e. The minimum Gasteiger partial charge on any atom is -0.390 e. The van der Waals surface area contributed by atoms with Crippen molar-refractivity contribution in [3.8, 4) is 0 Å². The van der Waals surface area contributed by atoms with Crippen LogP contribution in [0.2, 0.25) is 0 Å². The fourth-order valence-corrected chi connectivity index (χ4v) is 2.89.